The van der Waals surface area contributed by atoms with Crippen molar-refractivity contribution in [3.63, 3.8) is 0 Å². The van der Waals surface area contributed by atoms with Gasteiger partial charge in [-0.05, 0) is 31.3 Å². The molecule has 5 heteroatoms. The van der Waals surface area contributed by atoms with Crippen LogP contribution < -0.4 is 4.74 Å². The molecule has 2 aromatic rings. The van der Waals surface area contributed by atoms with Crippen molar-refractivity contribution < 1.29 is 24.2 Å². The molecular formula is C9H9NOS2Zn. The zero-order valence-electron chi connectivity index (χ0n) is 7.87. The number of hydrogen-bond acceptors (Lipinski definition) is 3. The van der Waals surface area contributed by atoms with E-state index < -0.39 is 0 Å². The molecule has 0 spiro atoms. The summed E-state index contributed by atoms with van der Waals surface area (Å²) in [5, 5.41) is 0. The number of aromatic nitrogens is 1. The van der Waals surface area contributed by atoms with E-state index in [1.807, 2.05) is 25.1 Å². The molecule has 0 bridgehead atoms. The number of benzene rings is 1. The number of fused-ring (bicyclic) bond motifs is 1. The van der Waals surface area contributed by atoms with Crippen molar-refractivity contribution in [2.45, 2.75) is 6.92 Å². The molecule has 0 amide bonds. The summed E-state index contributed by atoms with van der Waals surface area (Å²) in [5.41, 5.74) is 1.01. The fourth-order valence-corrected chi connectivity index (χ4v) is 2.35. The van der Waals surface area contributed by atoms with E-state index in [0.717, 1.165) is 19.9 Å². The van der Waals surface area contributed by atoms with Crippen LogP contribution in [0, 0.1) is 3.95 Å². The number of H-pyrrole nitrogens is 1. The average Bonchev–Trinajstić information content (AvgIpc) is 2.47. The summed E-state index contributed by atoms with van der Waals surface area (Å²) in [4.78, 5) is 3.12. The second-order valence-electron chi connectivity index (χ2n) is 2.58. The summed E-state index contributed by atoms with van der Waals surface area (Å²) in [5.74, 6) is 0.882. The van der Waals surface area contributed by atoms with Crippen LogP contribution in [0.15, 0.2) is 18.2 Å². The predicted molar refractivity (Wildman–Crippen MR) is 58.2 cm³/mol. The van der Waals surface area contributed by atoms with E-state index in [4.69, 9.17) is 17.0 Å². The number of ether oxygens (including phenoxy) is 1. The van der Waals surface area contributed by atoms with Crippen molar-refractivity contribution in [2.75, 3.05) is 6.61 Å². The van der Waals surface area contributed by atoms with Crippen molar-refractivity contribution in [3.8, 4) is 5.75 Å². The van der Waals surface area contributed by atoms with Gasteiger partial charge in [-0.3, -0.25) is 0 Å². The van der Waals surface area contributed by atoms with Gasteiger partial charge in [-0.2, -0.15) is 0 Å². The fourth-order valence-electron chi connectivity index (χ4n) is 1.22. The minimum Gasteiger partial charge on any atom is -0.492 e. The third kappa shape index (κ3) is 2.22. The third-order valence-corrected chi connectivity index (χ3v) is 2.92. The summed E-state index contributed by atoms with van der Waals surface area (Å²) >= 11 is 6.64. The van der Waals surface area contributed by atoms with Crippen molar-refractivity contribution in [1.29, 1.82) is 0 Å². The van der Waals surface area contributed by atoms with Gasteiger partial charge in [-0.25, -0.2) is 0 Å². The molecule has 1 aromatic carbocycles. The Morgan fingerprint density at radius 2 is 2.29 bits per heavy atom. The van der Waals surface area contributed by atoms with Gasteiger partial charge in [0, 0.05) is 19.5 Å². The van der Waals surface area contributed by atoms with Crippen LogP contribution in [0.4, 0.5) is 0 Å². The van der Waals surface area contributed by atoms with E-state index in [9.17, 15) is 0 Å². The quantitative estimate of drug-likeness (QED) is 0.672. The molecule has 0 aliphatic rings. The maximum absolute atomic E-state index is 5.46. The first-order valence-corrected chi connectivity index (χ1v) is 5.28. The van der Waals surface area contributed by atoms with E-state index in [-0.39, 0.29) is 19.5 Å². The van der Waals surface area contributed by atoms with Gasteiger partial charge < -0.3 is 9.72 Å². The Hall–Kier alpha value is -0.247. The zero-order valence-corrected chi connectivity index (χ0v) is 12.5. The average molecular weight is 277 g/mol. The summed E-state index contributed by atoms with van der Waals surface area (Å²) in [6.45, 7) is 2.65. The number of hydrogen-bond donors (Lipinski definition) is 1. The molecule has 2 rings (SSSR count). The van der Waals surface area contributed by atoms with Gasteiger partial charge in [0.05, 0.1) is 16.8 Å². The van der Waals surface area contributed by atoms with E-state index >= 15 is 0 Å². The Labute approximate surface area is 104 Å². The smallest absolute Gasteiger partial charge is 0.159 e. The molecule has 0 unspecified atom stereocenters. The Bertz CT molecular complexity index is 477. The first-order valence-electron chi connectivity index (χ1n) is 4.06. The van der Waals surface area contributed by atoms with E-state index in [1.54, 1.807) is 11.3 Å². The number of thiazole rings is 1. The molecule has 0 atom stereocenters. The van der Waals surface area contributed by atoms with Gasteiger partial charge in [0.2, 0.25) is 0 Å². The molecule has 0 saturated carbocycles. The third-order valence-electron chi connectivity index (χ3n) is 1.72. The van der Waals surface area contributed by atoms with Crippen LogP contribution in [0.3, 0.4) is 0 Å². The van der Waals surface area contributed by atoms with Crippen molar-refractivity contribution in [3.05, 3.63) is 22.2 Å². The van der Waals surface area contributed by atoms with Crippen LogP contribution in [-0.2, 0) is 19.5 Å². The van der Waals surface area contributed by atoms with Crippen LogP contribution >= 0.6 is 23.6 Å². The van der Waals surface area contributed by atoms with Crippen molar-refractivity contribution in [1.82, 2.24) is 4.98 Å². The molecule has 1 N–H and O–H groups in total. The van der Waals surface area contributed by atoms with E-state index in [0.29, 0.717) is 6.61 Å². The van der Waals surface area contributed by atoms with Crippen LogP contribution in [0.2, 0.25) is 0 Å². The minimum atomic E-state index is 0. The number of aromatic amines is 1. The summed E-state index contributed by atoms with van der Waals surface area (Å²) in [6.07, 6.45) is 0. The Balaban J connectivity index is 0.000000980. The monoisotopic (exact) mass is 275 g/mol. The van der Waals surface area contributed by atoms with E-state index in [2.05, 4.69) is 4.98 Å². The first-order chi connectivity index (χ1) is 6.31. The van der Waals surface area contributed by atoms with Gasteiger partial charge in [-0.15, -0.1) is 11.3 Å². The zero-order chi connectivity index (χ0) is 9.26. The van der Waals surface area contributed by atoms with Gasteiger partial charge >= 0.3 is 0 Å². The second kappa shape index (κ2) is 5.01. The maximum atomic E-state index is 5.46. The van der Waals surface area contributed by atoms with E-state index in [1.165, 1.54) is 0 Å². The van der Waals surface area contributed by atoms with Crippen molar-refractivity contribution in [2.24, 2.45) is 0 Å². The molecule has 0 fully saturated rings. The molecule has 1 heterocycles. The molecule has 0 aliphatic carbocycles. The topological polar surface area (TPSA) is 25.0 Å². The fraction of sp³-hybridized carbons (Fsp3) is 0.222. The predicted octanol–water partition coefficient (Wildman–Crippen LogP) is 3.36. The Morgan fingerprint density at radius 1 is 1.50 bits per heavy atom. The van der Waals surface area contributed by atoms with Gasteiger partial charge in [-0.1, -0.05) is 6.07 Å². The SMILES string of the molecule is CCOc1cccc2sc(=S)[nH]c12.[Zn]. The van der Waals surface area contributed by atoms with Crippen molar-refractivity contribution >= 4 is 33.8 Å². The number of nitrogens with one attached hydrogen (secondary N) is 1. The molecule has 70 valence electrons. The molecule has 14 heavy (non-hydrogen) atoms. The van der Waals surface area contributed by atoms with Gasteiger partial charge in [0.15, 0.2) is 3.95 Å². The number of rotatable bonds is 2. The van der Waals surface area contributed by atoms with Gasteiger partial charge in [0.1, 0.15) is 5.75 Å². The van der Waals surface area contributed by atoms with Gasteiger partial charge in [0.25, 0.3) is 0 Å². The van der Waals surface area contributed by atoms with Crippen LogP contribution in [0.5, 0.6) is 5.75 Å². The Kier molecular flexibility index (Phi) is 4.23. The Morgan fingerprint density at radius 3 is 3.00 bits per heavy atom. The molecule has 2 nitrogen and oxygen atoms in total. The minimum absolute atomic E-state index is 0. The normalized spacial score (nSPS) is 9.79. The first kappa shape index (κ1) is 11.8. The van der Waals surface area contributed by atoms with Crippen LogP contribution in [-0.4, -0.2) is 11.6 Å². The molecule has 1 aromatic heterocycles. The summed E-state index contributed by atoms with van der Waals surface area (Å²) in [6, 6.07) is 5.96. The molecule has 0 radical (unpaired) electrons. The largest absolute Gasteiger partial charge is 0.492 e. The van der Waals surface area contributed by atoms with Crippen LogP contribution in [0.1, 0.15) is 6.92 Å². The summed E-state index contributed by atoms with van der Waals surface area (Å²) in [7, 11) is 0. The molecule has 0 saturated heterocycles. The molecule has 0 aliphatic heterocycles. The maximum Gasteiger partial charge on any atom is 0.159 e. The standard InChI is InChI=1S/C9H9NOS2.Zn/c1-2-11-6-4-3-5-7-8(6)10-9(12)13-7;/h3-5H,2H2,1H3,(H,10,12);. The summed E-state index contributed by atoms with van der Waals surface area (Å²) < 4.78 is 7.40. The number of para-hydroxylation sites is 1. The van der Waals surface area contributed by atoms with Crippen LogP contribution in [0.25, 0.3) is 10.2 Å². The second-order valence-corrected chi connectivity index (χ2v) is 4.30. The molecular weight excluding hydrogens is 268 g/mol.